The highest BCUT2D eigenvalue weighted by Gasteiger charge is 2.51. The normalized spacial score (nSPS) is 21.2. The van der Waals surface area contributed by atoms with E-state index >= 15 is 0 Å². The lowest BCUT2D eigenvalue weighted by molar-refractivity contribution is -0.150. The standard InChI is InChI=1S/C24H20N2O12/c27-15(28)7-5-13(23(35)36)25-19(31)9-1-2-10-18-12(4-3-11(17(9)18)21(25)33)22(34)26(20(10)32)14(24(37)38)6-8-16(29)30/h1-4,9-10,13-14H,5-8H2,(H,27,28)(H,29,30)(H,35,36)(H,37,38). The van der Waals surface area contributed by atoms with Crippen LogP contribution in [0.2, 0.25) is 0 Å². The van der Waals surface area contributed by atoms with Gasteiger partial charge in [0.25, 0.3) is 11.8 Å². The fraction of sp³-hybridized carbons (Fsp3) is 0.333. The van der Waals surface area contributed by atoms with Gasteiger partial charge in [-0.25, -0.2) is 9.59 Å². The van der Waals surface area contributed by atoms with Crippen LogP contribution in [0.15, 0.2) is 24.3 Å². The number of amides is 4. The van der Waals surface area contributed by atoms with E-state index in [0.717, 1.165) is 12.1 Å². The minimum Gasteiger partial charge on any atom is -0.481 e. The number of carboxylic acid groups (broad SMARTS) is 4. The lowest BCUT2D eigenvalue weighted by atomic mass is 9.72. The molecule has 1 aliphatic carbocycles. The van der Waals surface area contributed by atoms with Crippen LogP contribution >= 0.6 is 0 Å². The van der Waals surface area contributed by atoms with Crippen LogP contribution in [0.5, 0.6) is 0 Å². The van der Waals surface area contributed by atoms with Gasteiger partial charge >= 0.3 is 23.9 Å². The molecule has 0 saturated carbocycles. The summed E-state index contributed by atoms with van der Waals surface area (Å²) < 4.78 is 0. The zero-order valence-corrected chi connectivity index (χ0v) is 19.4. The smallest absolute Gasteiger partial charge is 0.326 e. The van der Waals surface area contributed by atoms with Crippen LogP contribution in [0.4, 0.5) is 0 Å². The third-order valence-electron chi connectivity index (χ3n) is 6.77. The second-order valence-electron chi connectivity index (χ2n) is 8.93. The van der Waals surface area contributed by atoms with Crippen molar-refractivity contribution in [1.29, 1.82) is 0 Å². The molecule has 4 unspecified atom stereocenters. The summed E-state index contributed by atoms with van der Waals surface area (Å²) >= 11 is 0. The van der Waals surface area contributed by atoms with Gasteiger partial charge in [0.15, 0.2) is 0 Å². The number of carbonyl (C=O) groups excluding carboxylic acids is 4. The number of benzene rings is 1. The van der Waals surface area contributed by atoms with Gasteiger partial charge in [0.1, 0.15) is 12.1 Å². The first-order chi connectivity index (χ1) is 17.9. The fourth-order valence-corrected chi connectivity index (χ4v) is 5.10. The average Bonchev–Trinajstić information content (AvgIpc) is 2.84. The molecule has 0 radical (unpaired) electrons. The second kappa shape index (κ2) is 9.53. The van der Waals surface area contributed by atoms with Crippen LogP contribution in [0, 0.1) is 0 Å². The first-order valence-corrected chi connectivity index (χ1v) is 11.4. The van der Waals surface area contributed by atoms with Crippen molar-refractivity contribution < 1.29 is 58.8 Å². The molecule has 3 aliphatic rings. The van der Waals surface area contributed by atoms with Crippen LogP contribution in [-0.4, -0.2) is 89.8 Å². The molecule has 14 heteroatoms. The number of hydrogen-bond donors (Lipinski definition) is 4. The van der Waals surface area contributed by atoms with E-state index in [1.54, 1.807) is 0 Å². The van der Waals surface area contributed by atoms with Crippen molar-refractivity contribution in [2.45, 2.75) is 49.6 Å². The summed E-state index contributed by atoms with van der Waals surface area (Å²) in [5.74, 6) is -12.4. The van der Waals surface area contributed by atoms with Gasteiger partial charge < -0.3 is 20.4 Å². The maximum absolute atomic E-state index is 13.3. The van der Waals surface area contributed by atoms with Crippen molar-refractivity contribution >= 4 is 47.5 Å². The molecule has 4 atom stereocenters. The number of carbonyl (C=O) groups is 8. The molecule has 2 heterocycles. The van der Waals surface area contributed by atoms with Crippen molar-refractivity contribution in [2.24, 2.45) is 0 Å². The number of nitrogens with zero attached hydrogens (tertiary/aromatic N) is 2. The predicted octanol–water partition coefficient (Wildman–Crippen LogP) is 0.0244. The Morgan fingerprint density at radius 1 is 0.658 bits per heavy atom. The van der Waals surface area contributed by atoms with Crippen molar-refractivity contribution in [3.05, 3.63) is 46.5 Å². The maximum Gasteiger partial charge on any atom is 0.326 e. The number of carboxylic acids is 4. The Bertz CT molecular complexity index is 1260. The van der Waals surface area contributed by atoms with Gasteiger partial charge in [-0.05, 0) is 36.1 Å². The van der Waals surface area contributed by atoms with E-state index in [-0.39, 0.29) is 22.3 Å². The number of hydrogen-bond acceptors (Lipinski definition) is 8. The minimum atomic E-state index is -1.77. The first kappa shape index (κ1) is 26.2. The molecule has 0 fully saturated rings. The van der Waals surface area contributed by atoms with Crippen LogP contribution in [0.25, 0.3) is 0 Å². The van der Waals surface area contributed by atoms with E-state index in [2.05, 4.69) is 0 Å². The Hall–Kier alpha value is -4.88. The van der Waals surface area contributed by atoms with Crippen molar-refractivity contribution in [3.63, 3.8) is 0 Å². The molecule has 0 bridgehead atoms. The monoisotopic (exact) mass is 528 g/mol. The van der Waals surface area contributed by atoms with Crippen LogP contribution in [0.1, 0.15) is 69.4 Å². The zero-order chi connectivity index (χ0) is 28.0. The highest BCUT2D eigenvalue weighted by Crippen LogP contribution is 2.46. The molecule has 0 aromatic heterocycles. The Morgan fingerprint density at radius 3 is 1.29 bits per heavy atom. The van der Waals surface area contributed by atoms with E-state index in [4.69, 9.17) is 10.2 Å². The average molecular weight is 528 g/mol. The second-order valence-corrected chi connectivity index (χ2v) is 8.93. The van der Waals surface area contributed by atoms with E-state index in [9.17, 15) is 48.6 Å². The predicted molar refractivity (Wildman–Crippen MR) is 120 cm³/mol. The lowest BCUT2D eigenvalue weighted by Crippen LogP contribution is -2.56. The molecule has 198 valence electrons. The topological polar surface area (TPSA) is 224 Å². The third-order valence-corrected chi connectivity index (χ3v) is 6.77. The highest BCUT2D eigenvalue weighted by atomic mass is 16.4. The number of rotatable bonds is 10. The van der Waals surface area contributed by atoms with E-state index in [1.165, 1.54) is 12.2 Å². The minimum absolute atomic E-state index is 0.0161. The Labute approximate surface area is 212 Å². The molecule has 4 amide bonds. The van der Waals surface area contributed by atoms with Crippen LogP contribution < -0.4 is 0 Å². The van der Waals surface area contributed by atoms with Crippen molar-refractivity contribution in [2.75, 3.05) is 0 Å². The van der Waals surface area contributed by atoms with Crippen molar-refractivity contribution in [3.8, 4) is 0 Å². The first-order valence-electron chi connectivity index (χ1n) is 11.4. The van der Waals surface area contributed by atoms with Gasteiger partial charge in [-0.2, -0.15) is 0 Å². The molecular formula is C24H20N2O12. The summed E-state index contributed by atoms with van der Waals surface area (Å²) in [5, 5.41) is 37.1. The van der Waals surface area contributed by atoms with E-state index < -0.39 is 97.1 Å². The van der Waals surface area contributed by atoms with Crippen molar-refractivity contribution in [1.82, 2.24) is 9.80 Å². The van der Waals surface area contributed by atoms with Gasteiger partial charge in [-0.15, -0.1) is 0 Å². The van der Waals surface area contributed by atoms with Gasteiger partial charge in [0.05, 0.1) is 11.8 Å². The molecule has 0 spiro atoms. The molecule has 2 aliphatic heterocycles. The summed E-state index contributed by atoms with van der Waals surface area (Å²) in [5.41, 5.74) is -0.275. The van der Waals surface area contributed by atoms with Crippen LogP contribution in [-0.2, 0) is 28.8 Å². The molecular weight excluding hydrogens is 508 g/mol. The van der Waals surface area contributed by atoms with Gasteiger partial charge in [0, 0.05) is 24.0 Å². The summed E-state index contributed by atoms with van der Waals surface area (Å²) in [4.78, 5) is 99.9. The number of aliphatic carboxylic acids is 4. The SMILES string of the molecule is O=C(O)CCC(C(=O)O)N1C(=O)c2ccc3c4c2C(C=CC4C(=O)N(C(CCC(=O)O)C(=O)O)C3=O)C1=O. The molecule has 14 nitrogen and oxygen atoms in total. The lowest BCUT2D eigenvalue weighted by Gasteiger charge is -2.42. The molecule has 4 rings (SSSR count). The Morgan fingerprint density at radius 2 is 1.00 bits per heavy atom. The van der Waals surface area contributed by atoms with Gasteiger partial charge in [-0.1, -0.05) is 12.2 Å². The molecule has 1 aromatic rings. The molecule has 4 N–H and O–H groups in total. The third kappa shape index (κ3) is 4.09. The number of imide groups is 2. The molecule has 38 heavy (non-hydrogen) atoms. The van der Waals surface area contributed by atoms with E-state index in [1.807, 2.05) is 0 Å². The van der Waals surface area contributed by atoms with E-state index in [0.29, 0.717) is 9.80 Å². The van der Waals surface area contributed by atoms with Gasteiger partial charge in [-0.3, -0.25) is 38.6 Å². The Kier molecular flexibility index (Phi) is 6.57. The summed E-state index contributed by atoms with van der Waals surface area (Å²) in [7, 11) is 0. The Balaban J connectivity index is 1.80. The van der Waals surface area contributed by atoms with Crippen LogP contribution in [0.3, 0.4) is 0 Å². The maximum atomic E-state index is 13.3. The summed E-state index contributed by atoms with van der Waals surface area (Å²) in [6.07, 6.45) is 0.160. The molecule has 0 saturated heterocycles. The van der Waals surface area contributed by atoms with Gasteiger partial charge in [0.2, 0.25) is 11.8 Å². The highest BCUT2D eigenvalue weighted by molar-refractivity contribution is 6.19. The summed E-state index contributed by atoms with van der Waals surface area (Å²) in [6, 6.07) is -1.22. The quantitative estimate of drug-likeness (QED) is 0.233. The fourth-order valence-electron chi connectivity index (χ4n) is 5.10. The largest absolute Gasteiger partial charge is 0.481 e. The summed E-state index contributed by atoms with van der Waals surface area (Å²) in [6.45, 7) is 0. The molecule has 1 aromatic carbocycles. The zero-order valence-electron chi connectivity index (χ0n) is 19.4.